The highest BCUT2D eigenvalue weighted by atomic mass is 16.5. The van der Waals surface area contributed by atoms with Crippen molar-refractivity contribution in [2.45, 2.75) is 38.0 Å². The van der Waals surface area contributed by atoms with Gasteiger partial charge in [0.25, 0.3) is 5.91 Å². The predicted octanol–water partition coefficient (Wildman–Crippen LogP) is 2.43. The minimum absolute atomic E-state index is 0.0121. The molecule has 6 nitrogen and oxygen atoms in total. The number of aromatic nitrogens is 1. The lowest BCUT2D eigenvalue weighted by Crippen LogP contribution is -2.54. The number of pyridine rings is 1. The van der Waals surface area contributed by atoms with Crippen LogP contribution in [0.15, 0.2) is 41.1 Å². The number of amides is 1. The molecule has 1 aliphatic carbocycles. The summed E-state index contributed by atoms with van der Waals surface area (Å²) in [6, 6.07) is 7.37. The number of nitrogens with zero attached hydrogens (tertiary/aromatic N) is 2. The van der Waals surface area contributed by atoms with Crippen LogP contribution < -0.4 is 4.74 Å². The van der Waals surface area contributed by atoms with Crippen LogP contribution in [0.5, 0.6) is 5.88 Å². The van der Waals surface area contributed by atoms with Crippen molar-refractivity contribution in [1.29, 1.82) is 0 Å². The van der Waals surface area contributed by atoms with Crippen LogP contribution in [0, 0.1) is 6.92 Å². The molecule has 0 spiro atoms. The molecule has 3 heterocycles. The first-order valence-electron chi connectivity index (χ1n) is 8.28. The monoisotopic (exact) mass is 328 g/mol. The van der Waals surface area contributed by atoms with Gasteiger partial charge in [-0.2, -0.15) is 0 Å². The zero-order valence-corrected chi connectivity index (χ0v) is 13.6. The number of fused-ring (bicyclic) bond motifs is 1. The standard InChI is InChI=1S/C18H20N2O4/c1-12-13(7-10-22-12)18(21)20-9-11-23-17-14(20)5-6-15(17)24-16-4-2-3-8-19-16/h2-4,7-8,10,14-15,17H,5-6,9,11H2,1H3/t14-,15+,17+/m1/s1. The Balaban J connectivity index is 1.50. The normalized spacial score (nSPS) is 26.2. The van der Waals surface area contributed by atoms with Crippen LogP contribution in [0.1, 0.15) is 29.0 Å². The lowest BCUT2D eigenvalue weighted by Gasteiger charge is -2.38. The van der Waals surface area contributed by atoms with E-state index < -0.39 is 0 Å². The third-order valence-electron chi connectivity index (χ3n) is 4.80. The zero-order chi connectivity index (χ0) is 16.5. The minimum atomic E-state index is -0.114. The van der Waals surface area contributed by atoms with Crippen LogP contribution in [0.4, 0.5) is 0 Å². The molecule has 4 rings (SSSR count). The summed E-state index contributed by atoms with van der Waals surface area (Å²) < 4.78 is 17.2. The number of rotatable bonds is 3. The number of hydrogen-bond donors (Lipinski definition) is 0. The average Bonchev–Trinajstić information content (AvgIpc) is 3.22. The first kappa shape index (κ1) is 15.2. The maximum Gasteiger partial charge on any atom is 0.257 e. The van der Waals surface area contributed by atoms with E-state index in [9.17, 15) is 4.79 Å². The topological polar surface area (TPSA) is 64.8 Å². The SMILES string of the molecule is Cc1occc1C(=O)N1CCO[C@@H]2[C@@H](Oc3ccccn3)CC[C@H]21. The van der Waals surface area contributed by atoms with E-state index in [0.717, 1.165) is 12.8 Å². The fourth-order valence-electron chi connectivity index (χ4n) is 3.63. The van der Waals surface area contributed by atoms with Gasteiger partial charge in [0.15, 0.2) is 0 Å². The predicted molar refractivity (Wildman–Crippen MR) is 85.9 cm³/mol. The maximum absolute atomic E-state index is 12.8. The van der Waals surface area contributed by atoms with Gasteiger partial charge >= 0.3 is 0 Å². The van der Waals surface area contributed by atoms with Gasteiger partial charge < -0.3 is 18.8 Å². The summed E-state index contributed by atoms with van der Waals surface area (Å²) in [4.78, 5) is 19.0. The molecule has 1 saturated heterocycles. The molecule has 6 heteroatoms. The Morgan fingerprint density at radius 3 is 3.00 bits per heavy atom. The molecule has 2 fully saturated rings. The molecule has 126 valence electrons. The fraction of sp³-hybridized carbons (Fsp3) is 0.444. The summed E-state index contributed by atoms with van der Waals surface area (Å²) >= 11 is 0. The zero-order valence-electron chi connectivity index (χ0n) is 13.6. The van der Waals surface area contributed by atoms with Gasteiger partial charge in [-0.3, -0.25) is 4.79 Å². The van der Waals surface area contributed by atoms with E-state index in [4.69, 9.17) is 13.9 Å². The number of furan rings is 1. The molecule has 0 unspecified atom stereocenters. The van der Waals surface area contributed by atoms with Gasteiger partial charge in [0, 0.05) is 18.8 Å². The van der Waals surface area contributed by atoms with Gasteiger partial charge in [-0.25, -0.2) is 4.98 Å². The molecule has 0 radical (unpaired) electrons. The lowest BCUT2D eigenvalue weighted by atomic mass is 10.1. The van der Waals surface area contributed by atoms with E-state index in [-0.39, 0.29) is 24.2 Å². The van der Waals surface area contributed by atoms with Crippen molar-refractivity contribution in [3.05, 3.63) is 48.0 Å². The second kappa shape index (κ2) is 6.28. The van der Waals surface area contributed by atoms with Crippen LogP contribution in [0.25, 0.3) is 0 Å². The minimum Gasteiger partial charge on any atom is -0.471 e. The molecule has 3 atom stereocenters. The highest BCUT2D eigenvalue weighted by molar-refractivity contribution is 5.95. The number of carbonyl (C=O) groups excluding carboxylic acids is 1. The molecule has 0 aromatic carbocycles. The molecule has 2 aliphatic rings. The van der Waals surface area contributed by atoms with Crippen LogP contribution in [0.3, 0.4) is 0 Å². The van der Waals surface area contributed by atoms with Gasteiger partial charge in [-0.15, -0.1) is 0 Å². The Bertz CT molecular complexity index is 715. The van der Waals surface area contributed by atoms with E-state index >= 15 is 0 Å². The molecule has 0 N–H and O–H groups in total. The quantitative estimate of drug-likeness (QED) is 0.866. The van der Waals surface area contributed by atoms with Gasteiger partial charge in [-0.1, -0.05) is 6.07 Å². The summed E-state index contributed by atoms with van der Waals surface area (Å²) in [5.74, 6) is 1.27. The molecule has 1 amide bonds. The molecule has 1 saturated carbocycles. The highest BCUT2D eigenvalue weighted by Gasteiger charge is 2.46. The smallest absolute Gasteiger partial charge is 0.257 e. The van der Waals surface area contributed by atoms with Gasteiger partial charge in [0.05, 0.1) is 24.5 Å². The van der Waals surface area contributed by atoms with E-state index in [1.807, 2.05) is 30.0 Å². The number of morpholine rings is 1. The summed E-state index contributed by atoms with van der Waals surface area (Å²) in [6.45, 7) is 2.93. The van der Waals surface area contributed by atoms with E-state index in [0.29, 0.717) is 30.4 Å². The molecule has 24 heavy (non-hydrogen) atoms. The van der Waals surface area contributed by atoms with Crippen LogP contribution in [-0.4, -0.2) is 47.2 Å². The Morgan fingerprint density at radius 1 is 1.33 bits per heavy atom. The fourth-order valence-corrected chi connectivity index (χ4v) is 3.63. The summed E-state index contributed by atoms with van der Waals surface area (Å²) in [6.07, 6.45) is 4.79. The lowest BCUT2D eigenvalue weighted by molar-refractivity contribution is -0.0793. The van der Waals surface area contributed by atoms with Crippen molar-refractivity contribution in [2.75, 3.05) is 13.2 Å². The van der Waals surface area contributed by atoms with Gasteiger partial charge in [0.1, 0.15) is 18.0 Å². The second-order valence-electron chi connectivity index (χ2n) is 6.19. The summed E-state index contributed by atoms with van der Waals surface area (Å²) in [7, 11) is 0. The Hall–Kier alpha value is -2.34. The van der Waals surface area contributed by atoms with Crippen molar-refractivity contribution in [3.63, 3.8) is 0 Å². The molecular formula is C18H20N2O4. The molecule has 2 aromatic heterocycles. The molecule has 2 aromatic rings. The molecule has 1 aliphatic heterocycles. The third kappa shape index (κ3) is 2.67. The largest absolute Gasteiger partial charge is 0.471 e. The Labute approximate surface area is 140 Å². The average molecular weight is 328 g/mol. The molecule has 0 bridgehead atoms. The number of hydrogen-bond acceptors (Lipinski definition) is 5. The highest BCUT2D eigenvalue weighted by Crippen LogP contribution is 2.33. The first-order chi connectivity index (χ1) is 11.7. The third-order valence-corrected chi connectivity index (χ3v) is 4.80. The van der Waals surface area contributed by atoms with Crippen LogP contribution in [0.2, 0.25) is 0 Å². The van der Waals surface area contributed by atoms with E-state index in [1.165, 1.54) is 0 Å². The Morgan fingerprint density at radius 2 is 2.25 bits per heavy atom. The van der Waals surface area contributed by atoms with E-state index in [1.54, 1.807) is 18.5 Å². The Kier molecular flexibility index (Phi) is 3.98. The van der Waals surface area contributed by atoms with Crippen molar-refractivity contribution in [2.24, 2.45) is 0 Å². The number of ether oxygens (including phenoxy) is 2. The second-order valence-corrected chi connectivity index (χ2v) is 6.19. The first-order valence-corrected chi connectivity index (χ1v) is 8.28. The molecular weight excluding hydrogens is 308 g/mol. The summed E-state index contributed by atoms with van der Waals surface area (Å²) in [5.41, 5.74) is 0.629. The maximum atomic E-state index is 12.8. The van der Waals surface area contributed by atoms with Crippen molar-refractivity contribution >= 4 is 5.91 Å². The van der Waals surface area contributed by atoms with Crippen LogP contribution >= 0.6 is 0 Å². The van der Waals surface area contributed by atoms with Crippen molar-refractivity contribution in [1.82, 2.24) is 9.88 Å². The number of aryl methyl sites for hydroxylation is 1. The van der Waals surface area contributed by atoms with Crippen molar-refractivity contribution < 1.29 is 18.7 Å². The van der Waals surface area contributed by atoms with Crippen LogP contribution in [-0.2, 0) is 4.74 Å². The van der Waals surface area contributed by atoms with Gasteiger partial charge in [0.2, 0.25) is 5.88 Å². The van der Waals surface area contributed by atoms with Crippen molar-refractivity contribution in [3.8, 4) is 5.88 Å². The summed E-state index contributed by atoms with van der Waals surface area (Å²) in [5, 5.41) is 0. The number of carbonyl (C=O) groups is 1. The van der Waals surface area contributed by atoms with Gasteiger partial charge in [-0.05, 0) is 31.9 Å². The van der Waals surface area contributed by atoms with E-state index in [2.05, 4.69) is 4.98 Å².